The van der Waals surface area contributed by atoms with Crippen LogP contribution < -0.4 is 0 Å². The summed E-state index contributed by atoms with van der Waals surface area (Å²) in [5.74, 6) is 0. The second-order valence-corrected chi connectivity index (χ2v) is 4.31. The number of nitrogens with zero attached hydrogens (tertiary/aromatic N) is 1. The SMILES string of the molecule is OCCCCN1C[C@H](O)[C@@H](O)[C@H](O)[C@@H](O)C1. The van der Waals surface area contributed by atoms with E-state index < -0.39 is 24.4 Å². The van der Waals surface area contributed by atoms with Gasteiger partial charge in [0.25, 0.3) is 0 Å². The zero-order chi connectivity index (χ0) is 12.1. The van der Waals surface area contributed by atoms with Gasteiger partial charge in [-0.25, -0.2) is 0 Å². The fourth-order valence-corrected chi connectivity index (χ4v) is 1.90. The number of likely N-dealkylation sites (tertiary alicyclic amines) is 1. The first-order chi connectivity index (χ1) is 7.56. The van der Waals surface area contributed by atoms with E-state index in [0.717, 1.165) is 6.42 Å². The highest BCUT2D eigenvalue weighted by atomic mass is 16.4. The maximum Gasteiger partial charge on any atom is 0.110 e. The minimum absolute atomic E-state index is 0.115. The van der Waals surface area contributed by atoms with E-state index >= 15 is 0 Å². The summed E-state index contributed by atoms with van der Waals surface area (Å²) in [5, 5.41) is 46.7. The van der Waals surface area contributed by atoms with E-state index in [4.69, 9.17) is 5.11 Å². The highest BCUT2D eigenvalue weighted by Crippen LogP contribution is 2.13. The molecule has 0 aliphatic carbocycles. The molecule has 1 heterocycles. The quantitative estimate of drug-likeness (QED) is 0.346. The normalized spacial score (nSPS) is 37.3. The van der Waals surface area contributed by atoms with E-state index in [2.05, 4.69) is 0 Å². The lowest BCUT2D eigenvalue weighted by atomic mass is 10.1. The Morgan fingerprint density at radius 2 is 1.38 bits per heavy atom. The molecule has 0 amide bonds. The lowest BCUT2D eigenvalue weighted by Crippen LogP contribution is -2.43. The van der Waals surface area contributed by atoms with Gasteiger partial charge in [-0.1, -0.05) is 0 Å². The van der Waals surface area contributed by atoms with Crippen LogP contribution in [0, 0.1) is 0 Å². The molecule has 16 heavy (non-hydrogen) atoms. The van der Waals surface area contributed by atoms with Gasteiger partial charge >= 0.3 is 0 Å². The molecular weight excluding hydrogens is 214 g/mol. The van der Waals surface area contributed by atoms with Crippen LogP contribution in [0.25, 0.3) is 0 Å². The monoisotopic (exact) mass is 235 g/mol. The standard InChI is InChI=1S/C10H21NO5/c12-4-2-1-3-11-5-7(13)9(15)10(16)8(14)6-11/h7-10,12-16H,1-6H2/t7-,8-,9+,10+/m0/s1. The maximum absolute atomic E-state index is 9.56. The van der Waals surface area contributed by atoms with Crippen LogP contribution in [0.2, 0.25) is 0 Å². The molecule has 1 fully saturated rings. The van der Waals surface area contributed by atoms with E-state index in [1.165, 1.54) is 0 Å². The molecule has 0 spiro atoms. The van der Waals surface area contributed by atoms with Gasteiger partial charge < -0.3 is 25.5 Å². The highest BCUT2D eigenvalue weighted by Gasteiger charge is 2.35. The Hall–Kier alpha value is -0.240. The molecule has 5 N–H and O–H groups in total. The van der Waals surface area contributed by atoms with Crippen molar-refractivity contribution in [3.05, 3.63) is 0 Å². The Morgan fingerprint density at radius 1 is 0.875 bits per heavy atom. The molecule has 1 saturated heterocycles. The zero-order valence-electron chi connectivity index (χ0n) is 9.24. The average Bonchev–Trinajstić information content (AvgIpc) is 2.33. The predicted octanol–water partition coefficient (Wildman–Crippen LogP) is -2.48. The fraction of sp³-hybridized carbons (Fsp3) is 1.00. The van der Waals surface area contributed by atoms with Crippen molar-refractivity contribution >= 4 is 0 Å². The number of unbranched alkanes of at least 4 members (excludes halogenated alkanes) is 1. The van der Waals surface area contributed by atoms with Gasteiger partial charge in [-0.2, -0.15) is 0 Å². The zero-order valence-corrected chi connectivity index (χ0v) is 9.24. The molecule has 1 rings (SSSR count). The fourth-order valence-electron chi connectivity index (χ4n) is 1.90. The minimum atomic E-state index is -1.31. The van der Waals surface area contributed by atoms with Crippen molar-refractivity contribution in [1.82, 2.24) is 4.90 Å². The average molecular weight is 235 g/mol. The molecule has 0 unspecified atom stereocenters. The summed E-state index contributed by atoms with van der Waals surface area (Å²) in [4.78, 5) is 1.78. The largest absolute Gasteiger partial charge is 0.396 e. The molecule has 96 valence electrons. The first-order valence-corrected chi connectivity index (χ1v) is 5.61. The second kappa shape index (κ2) is 6.48. The molecule has 6 heteroatoms. The van der Waals surface area contributed by atoms with E-state index in [1.807, 2.05) is 0 Å². The Kier molecular flexibility index (Phi) is 5.60. The first kappa shape index (κ1) is 13.8. The van der Waals surface area contributed by atoms with Gasteiger partial charge in [0.2, 0.25) is 0 Å². The summed E-state index contributed by atoms with van der Waals surface area (Å²) in [6, 6.07) is 0. The maximum atomic E-state index is 9.56. The van der Waals surface area contributed by atoms with Crippen molar-refractivity contribution in [3.8, 4) is 0 Å². The third-order valence-corrected chi connectivity index (χ3v) is 2.91. The van der Waals surface area contributed by atoms with Crippen molar-refractivity contribution in [2.75, 3.05) is 26.2 Å². The van der Waals surface area contributed by atoms with Gasteiger partial charge in [0.05, 0.1) is 12.2 Å². The lowest BCUT2D eigenvalue weighted by molar-refractivity contribution is -0.0894. The van der Waals surface area contributed by atoms with Crippen LogP contribution in [0.5, 0.6) is 0 Å². The number of hydrogen-bond donors (Lipinski definition) is 5. The van der Waals surface area contributed by atoms with Crippen LogP contribution in [-0.2, 0) is 0 Å². The molecular formula is C10H21NO5. The summed E-state index contributed by atoms with van der Waals surface area (Å²) in [6.07, 6.45) is -3.31. The van der Waals surface area contributed by atoms with Gasteiger partial charge in [0, 0.05) is 19.7 Å². The Labute approximate surface area is 94.7 Å². The second-order valence-electron chi connectivity index (χ2n) is 4.31. The van der Waals surface area contributed by atoms with E-state index in [-0.39, 0.29) is 19.7 Å². The Morgan fingerprint density at radius 3 is 1.81 bits per heavy atom. The van der Waals surface area contributed by atoms with Crippen molar-refractivity contribution in [1.29, 1.82) is 0 Å². The minimum Gasteiger partial charge on any atom is -0.396 e. The van der Waals surface area contributed by atoms with Gasteiger partial charge in [0.15, 0.2) is 0 Å². The molecule has 0 aromatic carbocycles. The molecule has 0 radical (unpaired) electrons. The summed E-state index contributed by atoms with van der Waals surface area (Å²) >= 11 is 0. The third kappa shape index (κ3) is 3.65. The van der Waals surface area contributed by atoms with Crippen LogP contribution in [0.15, 0.2) is 0 Å². The molecule has 0 aromatic rings. The van der Waals surface area contributed by atoms with Crippen molar-refractivity contribution in [3.63, 3.8) is 0 Å². The van der Waals surface area contributed by atoms with Crippen LogP contribution in [0.3, 0.4) is 0 Å². The van der Waals surface area contributed by atoms with Gasteiger partial charge in [-0.3, -0.25) is 4.90 Å². The number of rotatable bonds is 4. The molecule has 0 saturated carbocycles. The van der Waals surface area contributed by atoms with Crippen LogP contribution >= 0.6 is 0 Å². The van der Waals surface area contributed by atoms with Crippen LogP contribution in [-0.4, -0.2) is 81.1 Å². The summed E-state index contributed by atoms with van der Waals surface area (Å²) in [5.41, 5.74) is 0. The Balaban J connectivity index is 2.47. The number of aliphatic hydroxyl groups excluding tert-OH is 5. The lowest BCUT2D eigenvalue weighted by Gasteiger charge is -2.22. The summed E-state index contributed by atoms with van der Waals surface area (Å²) < 4.78 is 0. The predicted molar refractivity (Wildman–Crippen MR) is 56.8 cm³/mol. The number of hydrogen-bond acceptors (Lipinski definition) is 6. The number of aliphatic hydroxyl groups is 5. The van der Waals surface area contributed by atoms with Crippen LogP contribution in [0.4, 0.5) is 0 Å². The summed E-state index contributed by atoms with van der Waals surface area (Å²) in [7, 11) is 0. The summed E-state index contributed by atoms with van der Waals surface area (Å²) in [6.45, 7) is 1.18. The molecule has 6 nitrogen and oxygen atoms in total. The molecule has 4 atom stereocenters. The van der Waals surface area contributed by atoms with Crippen molar-refractivity contribution in [2.45, 2.75) is 37.3 Å². The van der Waals surface area contributed by atoms with Crippen molar-refractivity contribution in [2.24, 2.45) is 0 Å². The molecule has 0 aromatic heterocycles. The van der Waals surface area contributed by atoms with E-state index in [9.17, 15) is 20.4 Å². The Bertz CT molecular complexity index is 188. The molecule has 1 aliphatic heterocycles. The highest BCUT2D eigenvalue weighted by molar-refractivity contribution is 4.88. The number of β-amino-alcohol motifs (C(OH)–C–C–N with tert-alkyl or cyclic N) is 2. The smallest absolute Gasteiger partial charge is 0.110 e. The molecule has 0 bridgehead atoms. The van der Waals surface area contributed by atoms with E-state index in [1.54, 1.807) is 4.90 Å². The van der Waals surface area contributed by atoms with Crippen molar-refractivity contribution < 1.29 is 25.5 Å². The van der Waals surface area contributed by atoms with Gasteiger partial charge in [-0.15, -0.1) is 0 Å². The van der Waals surface area contributed by atoms with E-state index in [0.29, 0.717) is 13.0 Å². The molecule has 1 aliphatic rings. The van der Waals surface area contributed by atoms with Gasteiger partial charge in [-0.05, 0) is 19.4 Å². The van der Waals surface area contributed by atoms with Crippen LogP contribution in [0.1, 0.15) is 12.8 Å². The third-order valence-electron chi connectivity index (χ3n) is 2.91. The topological polar surface area (TPSA) is 104 Å². The van der Waals surface area contributed by atoms with Gasteiger partial charge in [0.1, 0.15) is 12.2 Å². The first-order valence-electron chi connectivity index (χ1n) is 5.61.